The summed E-state index contributed by atoms with van der Waals surface area (Å²) in [5, 5.41) is 11.1. The largest absolute Gasteiger partial charge is 0.494 e. The lowest BCUT2D eigenvalue weighted by Crippen LogP contribution is -1.91. The van der Waals surface area contributed by atoms with E-state index in [1.165, 1.54) is 5.56 Å². The number of H-pyrrole nitrogens is 1. The molecule has 3 rings (SSSR count). The van der Waals surface area contributed by atoms with Gasteiger partial charge in [-0.25, -0.2) is 0 Å². The van der Waals surface area contributed by atoms with Gasteiger partial charge in [-0.2, -0.15) is 0 Å². The van der Waals surface area contributed by atoms with E-state index >= 15 is 0 Å². The van der Waals surface area contributed by atoms with Crippen LogP contribution in [0.25, 0.3) is 10.9 Å². The highest BCUT2D eigenvalue weighted by atomic mass is 79.9. The van der Waals surface area contributed by atoms with E-state index in [1.54, 1.807) is 6.21 Å². The minimum Gasteiger partial charge on any atom is -0.494 e. The average molecular weight is 371 g/mol. The number of hydrogen-bond acceptors (Lipinski definition) is 2. The van der Waals surface area contributed by atoms with Crippen LogP contribution in [0.2, 0.25) is 0 Å². The minimum absolute atomic E-state index is 0.140. The summed E-state index contributed by atoms with van der Waals surface area (Å²) < 4.78 is 0.970. The van der Waals surface area contributed by atoms with Crippen LogP contribution in [0.3, 0.4) is 0 Å². The molecule has 0 atom stereocenters. The first-order valence-electron chi connectivity index (χ1n) is 7.61. The second-order valence-electron chi connectivity index (χ2n) is 6.00. The molecule has 3 nitrogen and oxygen atoms in total. The van der Waals surface area contributed by atoms with E-state index in [-0.39, 0.29) is 5.88 Å². The lowest BCUT2D eigenvalue weighted by Gasteiger charge is -2.11. The van der Waals surface area contributed by atoms with E-state index in [1.807, 2.05) is 18.2 Å². The number of aromatic hydroxyl groups is 1. The van der Waals surface area contributed by atoms with Crippen molar-refractivity contribution in [3.63, 3.8) is 0 Å². The van der Waals surface area contributed by atoms with Crippen LogP contribution < -0.4 is 0 Å². The summed E-state index contributed by atoms with van der Waals surface area (Å²) in [5.74, 6) is 0.536. The first-order chi connectivity index (χ1) is 11.0. The van der Waals surface area contributed by atoms with E-state index in [9.17, 15) is 5.11 Å². The van der Waals surface area contributed by atoms with Gasteiger partial charge in [0.25, 0.3) is 0 Å². The molecule has 0 saturated carbocycles. The van der Waals surface area contributed by atoms with Crippen LogP contribution in [-0.2, 0) is 0 Å². The third-order valence-corrected chi connectivity index (χ3v) is 4.49. The van der Waals surface area contributed by atoms with Gasteiger partial charge in [0.1, 0.15) is 0 Å². The van der Waals surface area contributed by atoms with Crippen molar-refractivity contribution in [2.45, 2.75) is 26.7 Å². The Morgan fingerprint density at radius 2 is 2.00 bits per heavy atom. The Morgan fingerprint density at radius 1 is 1.22 bits per heavy atom. The predicted molar refractivity (Wildman–Crippen MR) is 100 cm³/mol. The highest BCUT2D eigenvalue weighted by Gasteiger charge is 2.11. The third kappa shape index (κ3) is 3.04. The molecule has 118 valence electrons. The molecule has 0 aliphatic carbocycles. The number of fused-ring (bicyclic) bond motifs is 1. The van der Waals surface area contributed by atoms with Gasteiger partial charge in [-0.15, -0.1) is 0 Å². The normalized spacial score (nSPS) is 11.9. The van der Waals surface area contributed by atoms with Crippen molar-refractivity contribution in [1.29, 1.82) is 0 Å². The number of nitrogens with zero attached hydrogens (tertiary/aromatic N) is 1. The summed E-state index contributed by atoms with van der Waals surface area (Å²) in [6.45, 7) is 6.38. The molecule has 0 amide bonds. The van der Waals surface area contributed by atoms with Crippen molar-refractivity contribution in [2.24, 2.45) is 4.99 Å². The maximum absolute atomic E-state index is 10.2. The summed E-state index contributed by atoms with van der Waals surface area (Å²) in [6.07, 6.45) is 1.74. The number of hydrogen-bond donors (Lipinski definition) is 2. The Kier molecular flexibility index (Phi) is 4.26. The van der Waals surface area contributed by atoms with E-state index in [2.05, 4.69) is 64.9 Å². The molecule has 0 saturated heterocycles. The Morgan fingerprint density at radius 3 is 2.74 bits per heavy atom. The number of halogens is 1. The van der Waals surface area contributed by atoms with Crippen LogP contribution in [-0.4, -0.2) is 16.3 Å². The first-order valence-corrected chi connectivity index (χ1v) is 8.40. The number of aromatic nitrogens is 1. The fraction of sp³-hybridized carbons (Fsp3) is 0.211. The zero-order valence-electron chi connectivity index (χ0n) is 13.4. The SMILES string of the molecule is Cc1cccc(C(C)C)c1N=Cc1c(O)[nH]c2ccc(Br)cc12. The molecule has 0 aliphatic rings. The van der Waals surface area contributed by atoms with Gasteiger partial charge >= 0.3 is 0 Å². The highest BCUT2D eigenvalue weighted by Crippen LogP contribution is 2.32. The van der Waals surface area contributed by atoms with Crippen molar-refractivity contribution >= 4 is 38.7 Å². The fourth-order valence-corrected chi connectivity index (χ4v) is 3.12. The van der Waals surface area contributed by atoms with Gasteiger partial charge in [0.2, 0.25) is 0 Å². The standard InChI is InChI=1S/C19H19BrN2O/c1-11(2)14-6-4-5-12(3)18(14)21-10-16-15-9-13(20)7-8-17(15)22-19(16)23/h4-11,22-23H,1-3H3. The van der Waals surface area contributed by atoms with E-state index < -0.39 is 0 Å². The Bertz CT molecular complexity index is 894. The van der Waals surface area contributed by atoms with Crippen molar-refractivity contribution in [2.75, 3.05) is 0 Å². The number of aromatic amines is 1. The van der Waals surface area contributed by atoms with Crippen molar-refractivity contribution in [3.05, 3.63) is 57.6 Å². The lowest BCUT2D eigenvalue weighted by molar-refractivity contribution is 0.457. The molecule has 2 aromatic carbocycles. The topological polar surface area (TPSA) is 48.4 Å². The first kappa shape index (κ1) is 15.8. The Balaban J connectivity index is 2.11. The van der Waals surface area contributed by atoms with Gasteiger partial charge in [0, 0.05) is 21.6 Å². The predicted octanol–water partition coefficient (Wildman–Crippen LogP) is 5.82. The Hall–Kier alpha value is -2.07. The minimum atomic E-state index is 0.140. The van der Waals surface area contributed by atoms with Crippen LogP contribution in [0.4, 0.5) is 5.69 Å². The second-order valence-corrected chi connectivity index (χ2v) is 6.92. The Labute approximate surface area is 144 Å². The maximum Gasteiger partial charge on any atom is 0.198 e. The van der Waals surface area contributed by atoms with Crippen LogP contribution in [0.15, 0.2) is 45.9 Å². The van der Waals surface area contributed by atoms with Gasteiger partial charge < -0.3 is 10.1 Å². The van der Waals surface area contributed by atoms with Crippen molar-refractivity contribution < 1.29 is 5.11 Å². The van der Waals surface area contributed by atoms with Crippen molar-refractivity contribution in [3.8, 4) is 5.88 Å². The fourth-order valence-electron chi connectivity index (χ4n) is 2.75. The summed E-state index contributed by atoms with van der Waals surface area (Å²) in [7, 11) is 0. The number of aliphatic imine (C=N–C) groups is 1. The van der Waals surface area contributed by atoms with Crippen LogP contribution in [0, 0.1) is 6.92 Å². The summed E-state index contributed by atoms with van der Waals surface area (Å²) in [4.78, 5) is 7.68. The lowest BCUT2D eigenvalue weighted by atomic mass is 9.98. The number of aryl methyl sites for hydroxylation is 1. The summed E-state index contributed by atoms with van der Waals surface area (Å²) in [5.41, 5.74) is 4.92. The molecule has 0 bridgehead atoms. The number of nitrogens with one attached hydrogen (secondary N) is 1. The molecule has 3 aromatic rings. The van der Waals surface area contributed by atoms with Gasteiger partial charge in [0.05, 0.1) is 11.3 Å². The maximum atomic E-state index is 10.2. The van der Waals surface area contributed by atoms with E-state index in [4.69, 9.17) is 0 Å². The molecule has 0 radical (unpaired) electrons. The molecule has 0 unspecified atom stereocenters. The molecule has 1 aromatic heterocycles. The molecule has 0 spiro atoms. The van der Waals surface area contributed by atoms with Crippen LogP contribution >= 0.6 is 15.9 Å². The monoisotopic (exact) mass is 370 g/mol. The summed E-state index contributed by atoms with van der Waals surface area (Å²) in [6, 6.07) is 12.1. The molecule has 4 heteroatoms. The van der Waals surface area contributed by atoms with Gasteiger partial charge in [-0.05, 0) is 42.2 Å². The van der Waals surface area contributed by atoms with Crippen LogP contribution in [0.5, 0.6) is 5.88 Å². The van der Waals surface area contributed by atoms with Gasteiger partial charge in [0.15, 0.2) is 5.88 Å². The molecule has 2 N–H and O–H groups in total. The zero-order chi connectivity index (χ0) is 16.6. The average Bonchev–Trinajstić information content (AvgIpc) is 2.81. The molecular weight excluding hydrogens is 352 g/mol. The smallest absolute Gasteiger partial charge is 0.198 e. The molecule has 0 fully saturated rings. The number of para-hydroxylation sites is 1. The number of rotatable bonds is 3. The molecule has 23 heavy (non-hydrogen) atoms. The molecule has 1 heterocycles. The third-order valence-electron chi connectivity index (χ3n) is 3.99. The highest BCUT2D eigenvalue weighted by molar-refractivity contribution is 9.10. The summed E-state index contributed by atoms with van der Waals surface area (Å²) >= 11 is 3.47. The molecule has 0 aliphatic heterocycles. The van der Waals surface area contributed by atoms with Crippen molar-refractivity contribution in [1.82, 2.24) is 4.98 Å². The number of benzene rings is 2. The van der Waals surface area contributed by atoms with E-state index in [0.29, 0.717) is 11.5 Å². The van der Waals surface area contributed by atoms with Gasteiger partial charge in [-0.1, -0.05) is 48.0 Å². The second kappa shape index (κ2) is 6.20. The molecular formula is C19H19BrN2O. The zero-order valence-corrected chi connectivity index (χ0v) is 15.0. The quantitative estimate of drug-likeness (QED) is 0.560. The van der Waals surface area contributed by atoms with Gasteiger partial charge in [-0.3, -0.25) is 4.99 Å². The van der Waals surface area contributed by atoms with Crippen LogP contribution in [0.1, 0.15) is 36.5 Å². The van der Waals surface area contributed by atoms with E-state index in [0.717, 1.165) is 26.6 Å².